The van der Waals surface area contributed by atoms with Crippen molar-refractivity contribution in [3.05, 3.63) is 70.7 Å². The van der Waals surface area contributed by atoms with Crippen molar-refractivity contribution >= 4 is 27.5 Å². The van der Waals surface area contributed by atoms with Gasteiger partial charge in [-0.1, -0.05) is 74.0 Å². The van der Waals surface area contributed by atoms with Crippen LogP contribution >= 0.6 is 11.6 Å². The van der Waals surface area contributed by atoms with E-state index in [1.165, 1.54) is 0 Å². The van der Waals surface area contributed by atoms with E-state index in [2.05, 4.69) is 19.2 Å². The fourth-order valence-electron chi connectivity index (χ4n) is 2.94. The van der Waals surface area contributed by atoms with Gasteiger partial charge in [-0.2, -0.15) is 4.31 Å². The number of carbonyl (C=O) groups excluding carboxylic acids is 1. The Morgan fingerprint density at radius 3 is 2.25 bits per heavy atom. The van der Waals surface area contributed by atoms with Crippen molar-refractivity contribution in [2.24, 2.45) is 5.92 Å². The summed E-state index contributed by atoms with van der Waals surface area (Å²) in [5, 5.41) is 3.46. The highest BCUT2D eigenvalue weighted by Gasteiger charge is 2.23. The monoisotopic (exact) mass is 422 g/mol. The normalized spacial score (nSPS) is 12.9. The van der Waals surface area contributed by atoms with Crippen LogP contribution in [0.1, 0.15) is 37.4 Å². The zero-order chi connectivity index (χ0) is 20.7. The lowest BCUT2D eigenvalue weighted by molar-refractivity contribution is -0.122. The number of hydrogen-bond donors (Lipinski definition) is 1. The van der Waals surface area contributed by atoms with Crippen molar-refractivity contribution in [3.63, 3.8) is 0 Å². The molecule has 0 radical (unpaired) electrons. The number of rotatable bonds is 9. The molecule has 0 spiro atoms. The Balaban J connectivity index is 2.14. The van der Waals surface area contributed by atoms with Gasteiger partial charge < -0.3 is 5.32 Å². The predicted molar refractivity (Wildman–Crippen MR) is 113 cm³/mol. The van der Waals surface area contributed by atoms with Crippen LogP contribution in [0.3, 0.4) is 0 Å². The third-order valence-electron chi connectivity index (χ3n) is 4.34. The number of halogens is 1. The second-order valence-corrected chi connectivity index (χ2v) is 9.67. The van der Waals surface area contributed by atoms with E-state index in [1.807, 2.05) is 30.3 Å². The number of nitrogens with zero attached hydrogens (tertiary/aromatic N) is 1. The molecule has 1 amide bonds. The molecule has 0 aromatic heterocycles. The van der Waals surface area contributed by atoms with E-state index in [4.69, 9.17) is 11.6 Å². The molecule has 7 heteroatoms. The zero-order valence-corrected chi connectivity index (χ0v) is 18.0. The largest absolute Gasteiger partial charge is 0.348 e. The SMILES string of the molecule is CC(C)CC(NC(=O)CN(Cc1ccccc1Cl)S(C)(=O)=O)c1ccccc1. The Morgan fingerprint density at radius 2 is 1.68 bits per heavy atom. The molecule has 0 fully saturated rings. The average molecular weight is 423 g/mol. The Morgan fingerprint density at radius 1 is 1.07 bits per heavy atom. The van der Waals surface area contributed by atoms with Gasteiger partial charge in [0.2, 0.25) is 15.9 Å². The topological polar surface area (TPSA) is 66.5 Å². The maximum atomic E-state index is 12.7. The van der Waals surface area contributed by atoms with Gasteiger partial charge in [0.1, 0.15) is 0 Å². The minimum atomic E-state index is -3.58. The molecule has 1 atom stereocenters. The maximum absolute atomic E-state index is 12.7. The molecule has 2 aromatic rings. The number of nitrogens with one attached hydrogen (secondary N) is 1. The minimum absolute atomic E-state index is 0.0477. The van der Waals surface area contributed by atoms with Crippen molar-refractivity contribution in [2.45, 2.75) is 32.9 Å². The molecule has 2 rings (SSSR count). The first kappa shape index (κ1) is 22.4. The van der Waals surface area contributed by atoms with Gasteiger partial charge in [0, 0.05) is 11.6 Å². The lowest BCUT2D eigenvalue weighted by atomic mass is 9.97. The molecule has 1 N–H and O–H groups in total. The zero-order valence-electron chi connectivity index (χ0n) is 16.4. The van der Waals surface area contributed by atoms with Gasteiger partial charge in [0.05, 0.1) is 18.8 Å². The van der Waals surface area contributed by atoms with E-state index in [9.17, 15) is 13.2 Å². The van der Waals surface area contributed by atoms with Crippen molar-refractivity contribution in [3.8, 4) is 0 Å². The molecule has 28 heavy (non-hydrogen) atoms. The second kappa shape index (κ2) is 10.0. The minimum Gasteiger partial charge on any atom is -0.348 e. The van der Waals surface area contributed by atoms with Crippen LogP contribution in [0.5, 0.6) is 0 Å². The van der Waals surface area contributed by atoms with Crippen molar-refractivity contribution in [2.75, 3.05) is 12.8 Å². The van der Waals surface area contributed by atoms with Crippen LogP contribution in [0.25, 0.3) is 0 Å². The van der Waals surface area contributed by atoms with Gasteiger partial charge in [0.25, 0.3) is 0 Å². The van der Waals surface area contributed by atoms with Crippen LogP contribution < -0.4 is 5.32 Å². The van der Waals surface area contributed by atoms with Gasteiger partial charge >= 0.3 is 0 Å². The molecule has 152 valence electrons. The van der Waals surface area contributed by atoms with Crippen LogP contribution in [0.2, 0.25) is 5.02 Å². The summed E-state index contributed by atoms with van der Waals surface area (Å²) in [6.07, 6.45) is 1.86. The Kier molecular flexibility index (Phi) is 8.04. The highest BCUT2D eigenvalue weighted by atomic mass is 35.5. The first-order valence-corrected chi connectivity index (χ1v) is 11.4. The van der Waals surface area contributed by atoms with Gasteiger partial charge in [0.15, 0.2) is 0 Å². The van der Waals surface area contributed by atoms with Gasteiger partial charge in [-0.05, 0) is 29.5 Å². The number of amides is 1. The summed E-state index contributed by atoms with van der Waals surface area (Å²) < 4.78 is 25.6. The summed E-state index contributed by atoms with van der Waals surface area (Å²) >= 11 is 6.15. The molecule has 0 saturated carbocycles. The summed E-state index contributed by atoms with van der Waals surface area (Å²) in [4.78, 5) is 12.7. The first-order valence-electron chi connectivity index (χ1n) is 9.19. The number of hydrogen-bond acceptors (Lipinski definition) is 3. The van der Waals surface area contributed by atoms with E-state index in [1.54, 1.807) is 24.3 Å². The summed E-state index contributed by atoms with van der Waals surface area (Å²) in [6, 6.07) is 16.5. The molecular weight excluding hydrogens is 396 g/mol. The molecule has 5 nitrogen and oxygen atoms in total. The lowest BCUT2D eigenvalue weighted by Crippen LogP contribution is -2.41. The lowest BCUT2D eigenvalue weighted by Gasteiger charge is -2.24. The van der Waals surface area contributed by atoms with Gasteiger partial charge in [-0.3, -0.25) is 4.79 Å². The highest BCUT2D eigenvalue weighted by molar-refractivity contribution is 7.88. The van der Waals surface area contributed by atoms with E-state index < -0.39 is 10.0 Å². The van der Waals surface area contributed by atoms with E-state index in [0.29, 0.717) is 16.5 Å². The molecule has 1 unspecified atom stereocenters. The number of sulfonamides is 1. The highest BCUT2D eigenvalue weighted by Crippen LogP contribution is 2.22. The van der Waals surface area contributed by atoms with E-state index >= 15 is 0 Å². The molecule has 0 bridgehead atoms. The van der Waals surface area contributed by atoms with Crippen molar-refractivity contribution in [1.82, 2.24) is 9.62 Å². The summed E-state index contributed by atoms with van der Waals surface area (Å²) in [5.74, 6) is 0.0339. The molecular formula is C21H27ClN2O3S. The number of carbonyl (C=O) groups is 1. The molecule has 2 aromatic carbocycles. The summed E-state index contributed by atoms with van der Waals surface area (Å²) in [5.41, 5.74) is 1.66. The fourth-order valence-corrected chi connectivity index (χ4v) is 3.86. The average Bonchev–Trinajstić information content (AvgIpc) is 2.62. The third kappa shape index (κ3) is 6.93. The standard InChI is InChI=1S/C21H27ClN2O3S/c1-16(2)13-20(17-9-5-4-6-10-17)23-21(25)15-24(28(3,26)27)14-18-11-7-8-12-19(18)22/h4-12,16,20H,13-15H2,1-3H3,(H,23,25). The smallest absolute Gasteiger partial charge is 0.235 e. The second-order valence-electron chi connectivity index (χ2n) is 7.28. The van der Waals surface area contributed by atoms with Crippen molar-refractivity contribution < 1.29 is 13.2 Å². The van der Waals surface area contributed by atoms with Gasteiger partial charge in [-0.25, -0.2) is 8.42 Å². The number of benzene rings is 2. The Bertz CT molecular complexity index is 886. The quantitative estimate of drug-likeness (QED) is 0.664. The van der Waals surface area contributed by atoms with Crippen LogP contribution in [-0.4, -0.2) is 31.4 Å². The van der Waals surface area contributed by atoms with Crippen molar-refractivity contribution in [1.29, 1.82) is 0 Å². The molecule has 0 heterocycles. The third-order valence-corrected chi connectivity index (χ3v) is 5.90. The molecule has 0 saturated heterocycles. The summed E-state index contributed by atoms with van der Waals surface area (Å²) in [6.45, 7) is 3.96. The fraction of sp³-hybridized carbons (Fsp3) is 0.381. The predicted octanol–water partition coefficient (Wildman–Crippen LogP) is 4.01. The molecule has 0 aliphatic rings. The maximum Gasteiger partial charge on any atom is 0.235 e. The first-order chi connectivity index (χ1) is 13.2. The molecule has 0 aliphatic heterocycles. The van der Waals surface area contributed by atoms with Crippen LogP contribution in [0.4, 0.5) is 0 Å². The van der Waals surface area contributed by atoms with Gasteiger partial charge in [-0.15, -0.1) is 0 Å². The van der Waals surface area contributed by atoms with Crippen LogP contribution in [0, 0.1) is 5.92 Å². The Hall–Kier alpha value is -1.89. The van der Waals surface area contributed by atoms with E-state index in [0.717, 1.165) is 22.5 Å². The Labute approximate surface area is 172 Å². The summed E-state index contributed by atoms with van der Waals surface area (Å²) in [7, 11) is -3.58. The molecule has 0 aliphatic carbocycles. The van der Waals surface area contributed by atoms with E-state index in [-0.39, 0.29) is 25.0 Å². The van der Waals surface area contributed by atoms with Crippen LogP contribution in [-0.2, 0) is 21.4 Å². The van der Waals surface area contributed by atoms with Crippen LogP contribution in [0.15, 0.2) is 54.6 Å².